The monoisotopic (exact) mass is 336 g/mol. The maximum absolute atomic E-state index is 13.9. The van der Waals surface area contributed by atoms with Gasteiger partial charge in [0.05, 0.1) is 24.5 Å². The lowest BCUT2D eigenvalue weighted by atomic mass is 10.0. The first-order valence-electron chi connectivity index (χ1n) is 8.05. The number of hydrogen-bond donors (Lipinski definition) is 0. The Labute approximate surface area is 145 Å². The number of halogens is 1. The predicted molar refractivity (Wildman–Crippen MR) is 93.9 cm³/mol. The highest BCUT2D eigenvalue weighted by Gasteiger charge is 2.33. The van der Waals surface area contributed by atoms with Crippen molar-refractivity contribution in [3.8, 4) is 11.4 Å². The van der Waals surface area contributed by atoms with Crippen LogP contribution in [0.2, 0.25) is 0 Å². The molecule has 1 amide bonds. The molecular formula is C20H17FN2O2. The maximum Gasteiger partial charge on any atom is 0.258 e. The van der Waals surface area contributed by atoms with Crippen molar-refractivity contribution in [1.29, 1.82) is 0 Å². The number of methoxy groups -OCH3 is 1. The van der Waals surface area contributed by atoms with E-state index in [0.29, 0.717) is 17.0 Å². The Kier molecular flexibility index (Phi) is 3.57. The first kappa shape index (κ1) is 15.4. The lowest BCUT2D eigenvalue weighted by Gasteiger charge is -2.36. The molecule has 0 spiro atoms. The van der Waals surface area contributed by atoms with Crippen molar-refractivity contribution < 1.29 is 13.9 Å². The van der Waals surface area contributed by atoms with Crippen molar-refractivity contribution in [3.05, 3.63) is 77.9 Å². The quantitative estimate of drug-likeness (QED) is 0.697. The van der Waals surface area contributed by atoms with E-state index in [4.69, 9.17) is 4.74 Å². The molecule has 0 aliphatic carbocycles. The highest BCUT2D eigenvalue weighted by atomic mass is 19.1. The Morgan fingerprint density at radius 1 is 1.08 bits per heavy atom. The van der Waals surface area contributed by atoms with E-state index in [9.17, 15) is 9.18 Å². The predicted octanol–water partition coefficient (Wildman–Crippen LogP) is 4.35. The van der Waals surface area contributed by atoms with Gasteiger partial charge in [0, 0.05) is 17.5 Å². The molecule has 0 bridgehead atoms. The minimum atomic E-state index is -0.367. The number of amides is 1. The first-order chi connectivity index (χ1) is 12.1. The lowest BCUT2D eigenvalue weighted by Crippen LogP contribution is -2.38. The van der Waals surface area contributed by atoms with E-state index in [1.807, 2.05) is 29.8 Å². The number of aromatic nitrogens is 1. The molecule has 0 fully saturated rings. The van der Waals surface area contributed by atoms with Gasteiger partial charge in [0.2, 0.25) is 0 Å². The van der Waals surface area contributed by atoms with Gasteiger partial charge in [0.15, 0.2) is 0 Å². The number of anilines is 1. The third-order valence-corrected chi connectivity index (χ3v) is 4.61. The molecule has 1 atom stereocenters. The average molecular weight is 336 g/mol. The maximum atomic E-state index is 13.9. The summed E-state index contributed by atoms with van der Waals surface area (Å²) in [6.07, 6.45) is 1.93. The molecule has 4 nitrogen and oxygen atoms in total. The van der Waals surface area contributed by atoms with Crippen LogP contribution in [-0.4, -0.2) is 17.6 Å². The third kappa shape index (κ3) is 2.39. The number of ether oxygens (including phenoxy) is 1. The molecule has 2 heterocycles. The number of nitrogens with zero attached hydrogens (tertiary/aromatic N) is 2. The van der Waals surface area contributed by atoms with Crippen LogP contribution in [0.3, 0.4) is 0 Å². The van der Waals surface area contributed by atoms with Crippen molar-refractivity contribution in [1.82, 2.24) is 4.57 Å². The molecule has 1 aliphatic heterocycles. The van der Waals surface area contributed by atoms with Crippen LogP contribution in [0.1, 0.15) is 29.0 Å². The van der Waals surface area contributed by atoms with Crippen LogP contribution >= 0.6 is 0 Å². The summed E-state index contributed by atoms with van der Waals surface area (Å²) in [7, 11) is 1.58. The minimum Gasteiger partial charge on any atom is -0.497 e. The van der Waals surface area contributed by atoms with Crippen molar-refractivity contribution in [2.75, 3.05) is 12.0 Å². The van der Waals surface area contributed by atoms with Crippen LogP contribution in [0.5, 0.6) is 5.75 Å². The number of fused-ring (bicyclic) bond motifs is 3. The highest BCUT2D eigenvalue weighted by molar-refractivity contribution is 6.08. The van der Waals surface area contributed by atoms with Gasteiger partial charge >= 0.3 is 0 Å². The van der Waals surface area contributed by atoms with Crippen LogP contribution in [-0.2, 0) is 0 Å². The van der Waals surface area contributed by atoms with E-state index in [1.165, 1.54) is 12.1 Å². The fourth-order valence-electron chi connectivity index (χ4n) is 3.35. The second-order valence-electron chi connectivity index (χ2n) is 6.02. The molecule has 0 N–H and O–H groups in total. The summed E-state index contributed by atoms with van der Waals surface area (Å²) in [5, 5.41) is 0. The molecule has 5 heteroatoms. The molecule has 0 saturated carbocycles. The van der Waals surface area contributed by atoms with Crippen LogP contribution < -0.4 is 9.64 Å². The van der Waals surface area contributed by atoms with Gasteiger partial charge in [-0.25, -0.2) is 4.39 Å². The van der Waals surface area contributed by atoms with E-state index < -0.39 is 0 Å². The molecule has 1 aliphatic rings. The highest BCUT2D eigenvalue weighted by Crippen LogP contribution is 2.40. The van der Waals surface area contributed by atoms with Gasteiger partial charge in [-0.05, 0) is 61.5 Å². The van der Waals surface area contributed by atoms with Crippen molar-refractivity contribution in [2.45, 2.75) is 13.0 Å². The van der Waals surface area contributed by atoms with Crippen LogP contribution in [0.4, 0.5) is 10.1 Å². The number of carbonyl (C=O) groups is 1. The SMILES string of the molecule is COc1ccc(C(=O)N2c3cc(F)ccc3-n3cccc3C2C)cc1. The molecule has 1 aromatic heterocycles. The summed E-state index contributed by atoms with van der Waals surface area (Å²) >= 11 is 0. The normalized spacial score (nSPS) is 15.5. The summed E-state index contributed by atoms with van der Waals surface area (Å²) in [4.78, 5) is 14.8. The lowest BCUT2D eigenvalue weighted by molar-refractivity contribution is 0.0976. The fourth-order valence-corrected chi connectivity index (χ4v) is 3.35. The zero-order valence-corrected chi connectivity index (χ0v) is 13.9. The molecule has 2 aromatic carbocycles. The number of benzene rings is 2. The Morgan fingerprint density at radius 2 is 1.84 bits per heavy atom. The first-order valence-corrected chi connectivity index (χ1v) is 8.05. The minimum absolute atomic E-state index is 0.172. The summed E-state index contributed by atoms with van der Waals surface area (Å²) in [5.41, 5.74) is 2.88. The van der Waals surface area contributed by atoms with Crippen molar-refractivity contribution >= 4 is 11.6 Å². The van der Waals surface area contributed by atoms with Crippen molar-refractivity contribution in [2.24, 2.45) is 0 Å². The van der Waals surface area contributed by atoms with Gasteiger partial charge in [0.25, 0.3) is 5.91 Å². The standard InChI is InChI=1S/C20H17FN2O2/c1-13-17-4-3-11-22(17)18-10-7-15(21)12-19(18)23(13)20(24)14-5-8-16(25-2)9-6-14/h3-13H,1-2H3. The van der Waals surface area contributed by atoms with E-state index in [2.05, 4.69) is 0 Å². The summed E-state index contributed by atoms with van der Waals surface area (Å²) < 4.78 is 21.0. The smallest absolute Gasteiger partial charge is 0.258 e. The Morgan fingerprint density at radius 3 is 2.56 bits per heavy atom. The summed E-state index contributed by atoms with van der Waals surface area (Å²) in [6.45, 7) is 1.95. The molecule has 25 heavy (non-hydrogen) atoms. The van der Waals surface area contributed by atoms with Crippen LogP contribution in [0, 0.1) is 5.82 Å². The van der Waals surface area contributed by atoms with Gasteiger partial charge in [-0.1, -0.05) is 0 Å². The molecule has 0 saturated heterocycles. The van der Waals surface area contributed by atoms with E-state index in [1.54, 1.807) is 42.3 Å². The molecule has 1 unspecified atom stereocenters. The summed E-state index contributed by atoms with van der Waals surface area (Å²) in [5.74, 6) is 0.145. The van der Waals surface area contributed by atoms with E-state index in [-0.39, 0.29) is 17.8 Å². The van der Waals surface area contributed by atoms with Gasteiger partial charge in [-0.15, -0.1) is 0 Å². The second-order valence-corrected chi connectivity index (χ2v) is 6.02. The largest absolute Gasteiger partial charge is 0.497 e. The van der Waals surface area contributed by atoms with Crippen LogP contribution in [0.15, 0.2) is 60.8 Å². The van der Waals surface area contributed by atoms with Gasteiger partial charge in [-0.2, -0.15) is 0 Å². The Bertz CT molecular complexity index is 947. The molecule has 126 valence electrons. The number of hydrogen-bond acceptors (Lipinski definition) is 2. The molecule has 0 radical (unpaired) electrons. The third-order valence-electron chi connectivity index (χ3n) is 4.61. The fraction of sp³-hybridized carbons (Fsp3) is 0.150. The zero-order chi connectivity index (χ0) is 17.6. The van der Waals surface area contributed by atoms with Gasteiger partial charge < -0.3 is 9.30 Å². The van der Waals surface area contributed by atoms with Crippen molar-refractivity contribution in [3.63, 3.8) is 0 Å². The Balaban J connectivity index is 1.83. The number of rotatable bonds is 2. The van der Waals surface area contributed by atoms with Gasteiger partial charge in [-0.3, -0.25) is 9.69 Å². The molecule has 3 aromatic rings. The average Bonchev–Trinajstić information content (AvgIpc) is 3.12. The molecule has 4 rings (SSSR count). The topological polar surface area (TPSA) is 34.5 Å². The van der Waals surface area contributed by atoms with E-state index in [0.717, 1.165) is 11.4 Å². The van der Waals surface area contributed by atoms with Crippen LogP contribution in [0.25, 0.3) is 5.69 Å². The summed E-state index contributed by atoms with van der Waals surface area (Å²) in [6, 6.07) is 15.2. The van der Waals surface area contributed by atoms with E-state index >= 15 is 0 Å². The second kappa shape index (κ2) is 5.77. The van der Waals surface area contributed by atoms with Gasteiger partial charge in [0.1, 0.15) is 11.6 Å². The zero-order valence-electron chi connectivity index (χ0n) is 13.9. The molecular weight excluding hydrogens is 319 g/mol. The Hall–Kier alpha value is -3.08. The number of carbonyl (C=O) groups excluding carboxylic acids is 1.